The van der Waals surface area contributed by atoms with E-state index in [2.05, 4.69) is 34.8 Å². The Morgan fingerprint density at radius 1 is 1.38 bits per heavy atom. The van der Waals surface area contributed by atoms with E-state index in [4.69, 9.17) is 0 Å². The van der Waals surface area contributed by atoms with Crippen molar-refractivity contribution in [2.75, 3.05) is 0 Å². The van der Waals surface area contributed by atoms with E-state index in [0.29, 0.717) is 28.7 Å². The molecule has 0 saturated heterocycles. The molecule has 0 unspecified atom stereocenters. The summed E-state index contributed by atoms with van der Waals surface area (Å²) in [5.74, 6) is 0.227. The fourth-order valence-electron chi connectivity index (χ4n) is 1.83. The van der Waals surface area contributed by atoms with Crippen LogP contribution in [0.2, 0.25) is 0 Å². The molecule has 0 aliphatic rings. The number of aromatic carboxylic acids is 1. The number of carboxylic acids is 1. The SMILES string of the molecule is CC(C)Cc1nc(CSc2ccc(Br)cc2)sc1C(=O)O. The molecule has 1 aromatic carbocycles. The van der Waals surface area contributed by atoms with Gasteiger partial charge >= 0.3 is 5.97 Å². The summed E-state index contributed by atoms with van der Waals surface area (Å²) < 4.78 is 1.05. The Morgan fingerprint density at radius 3 is 2.62 bits per heavy atom. The molecule has 1 heterocycles. The van der Waals surface area contributed by atoms with Crippen LogP contribution >= 0.6 is 39.0 Å². The maximum absolute atomic E-state index is 11.3. The predicted molar refractivity (Wildman–Crippen MR) is 91.3 cm³/mol. The zero-order valence-electron chi connectivity index (χ0n) is 11.8. The molecule has 0 aliphatic heterocycles. The van der Waals surface area contributed by atoms with Gasteiger partial charge in [-0.15, -0.1) is 23.1 Å². The minimum atomic E-state index is -0.872. The average Bonchev–Trinajstić information content (AvgIpc) is 2.80. The number of thioether (sulfide) groups is 1. The lowest BCUT2D eigenvalue weighted by Gasteiger charge is -2.01. The monoisotopic (exact) mass is 385 g/mol. The van der Waals surface area contributed by atoms with Crippen molar-refractivity contribution in [3.05, 3.63) is 44.3 Å². The summed E-state index contributed by atoms with van der Waals surface area (Å²) in [4.78, 5) is 17.3. The Morgan fingerprint density at radius 2 is 2.05 bits per heavy atom. The van der Waals surface area contributed by atoms with Gasteiger partial charge in [-0.2, -0.15) is 0 Å². The van der Waals surface area contributed by atoms with E-state index < -0.39 is 5.97 Å². The molecule has 0 saturated carbocycles. The van der Waals surface area contributed by atoms with Crippen molar-refractivity contribution in [3.63, 3.8) is 0 Å². The van der Waals surface area contributed by atoms with Gasteiger partial charge in [0.2, 0.25) is 0 Å². The lowest BCUT2D eigenvalue weighted by atomic mass is 10.1. The Kier molecular flexibility index (Phi) is 5.84. The van der Waals surface area contributed by atoms with Crippen molar-refractivity contribution in [2.24, 2.45) is 5.92 Å². The van der Waals surface area contributed by atoms with Crippen LogP contribution in [-0.4, -0.2) is 16.1 Å². The van der Waals surface area contributed by atoms with Crippen LogP contribution in [0.15, 0.2) is 33.6 Å². The van der Waals surface area contributed by atoms with Crippen molar-refractivity contribution < 1.29 is 9.90 Å². The van der Waals surface area contributed by atoms with E-state index >= 15 is 0 Å². The minimum absolute atomic E-state index is 0.384. The molecular formula is C15H16BrNO2S2. The number of thiazole rings is 1. The first kappa shape index (κ1) is 16.5. The fraction of sp³-hybridized carbons (Fsp3) is 0.333. The Balaban J connectivity index is 2.09. The van der Waals surface area contributed by atoms with Gasteiger partial charge in [0.05, 0.1) is 11.4 Å². The molecule has 3 nitrogen and oxygen atoms in total. The summed E-state index contributed by atoms with van der Waals surface area (Å²) >= 11 is 6.37. The third-order valence-corrected chi connectivity index (χ3v) is 5.53. The third kappa shape index (κ3) is 4.83. The molecule has 2 rings (SSSR count). The van der Waals surface area contributed by atoms with E-state index in [0.717, 1.165) is 14.4 Å². The summed E-state index contributed by atoms with van der Waals surface area (Å²) in [5.41, 5.74) is 0.717. The second-order valence-electron chi connectivity index (χ2n) is 5.03. The number of carbonyl (C=O) groups is 1. The number of carboxylic acid groups (broad SMARTS) is 1. The van der Waals surface area contributed by atoms with E-state index in [1.165, 1.54) is 11.3 Å². The first-order chi connectivity index (χ1) is 9.95. The van der Waals surface area contributed by atoms with Gasteiger partial charge in [-0.1, -0.05) is 29.8 Å². The number of rotatable bonds is 6. The summed E-state index contributed by atoms with van der Waals surface area (Å²) in [5, 5.41) is 10.1. The molecule has 1 aromatic heterocycles. The van der Waals surface area contributed by atoms with Crippen molar-refractivity contribution in [3.8, 4) is 0 Å². The van der Waals surface area contributed by atoms with E-state index in [1.807, 2.05) is 24.3 Å². The number of hydrogen-bond acceptors (Lipinski definition) is 4. The van der Waals surface area contributed by atoms with Gasteiger partial charge in [-0.05, 0) is 36.6 Å². The lowest BCUT2D eigenvalue weighted by molar-refractivity contribution is 0.0700. The van der Waals surface area contributed by atoms with E-state index in [9.17, 15) is 9.90 Å². The van der Waals surface area contributed by atoms with Crippen LogP contribution in [0.3, 0.4) is 0 Å². The number of halogens is 1. The van der Waals surface area contributed by atoms with Gasteiger partial charge in [0.25, 0.3) is 0 Å². The quantitative estimate of drug-likeness (QED) is 0.703. The van der Waals surface area contributed by atoms with Crippen LogP contribution in [0.4, 0.5) is 0 Å². The Hall–Kier alpha value is -0.850. The van der Waals surface area contributed by atoms with Crippen molar-refractivity contribution in [1.82, 2.24) is 4.98 Å². The fourth-order valence-corrected chi connectivity index (χ4v) is 3.92. The molecule has 0 radical (unpaired) electrons. The van der Waals surface area contributed by atoms with Crippen LogP contribution in [-0.2, 0) is 12.2 Å². The topological polar surface area (TPSA) is 50.2 Å². The molecule has 6 heteroatoms. The number of nitrogens with zero attached hydrogens (tertiary/aromatic N) is 1. The molecule has 1 N–H and O–H groups in total. The molecular weight excluding hydrogens is 370 g/mol. The molecule has 0 aliphatic carbocycles. The highest BCUT2D eigenvalue weighted by Crippen LogP contribution is 2.28. The van der Waals surface area contributed by atoms with Crippen LogP contribution < -0.4 is 0 Å². The average molecular weight is 386 g/mol. The van der Waals surface area contributed by atoms with Crippen molar-refractivity contribution in [1.29, 1.82) is 0 Å². The van der Waals surface area contributed by atoms with Gasteiger partial charge < -0.3 is 5.11 Å². The standard InChI is InChI=1S/C15H16BrNO2S2/c1-9(2)7-12-14(15(18)19)21-13(17-12)8-20-11-5-3-10(16)4-6-11/h3-6,9H,7-8H2,1-2H3,(H,18,19). The van der Waals surface area contributed by atoms with Gasteiger partial charge in [0, 0.05) is 9.37 Å². The summed E-state index contributed by atoms with van der Waals surface area (Å²) in [7, 11) is 0. The predicted octanol–water partition coefficient (Wildman–Crippen LogP) is 5.09. The second kappa shape index (κ2) is 7.42. The van der Waals surface area contributed by atoms with Crippen molar-refractivity contribution in [2.45, 2.75) is 30.9 Å². The number of aromatic nitrogens is 1. The normalized spacial score (nSPS) is 11.0. The molecule has 0 atom stereocenters. The molecule has 2 aromatic rings. The first-order valence-electron chi connectivity index (χ1n) is 6.56. The molecule has 21 heavy (non-hydrogen) atoms. The van der Waals surface area contributed by atoms with E-state index in [1.54, 1.807) is 11.8 Å². The largest absolute Gasteiger partial charge is 0.477 e. The number of benzene rings is 1. The van der Waals surface area contributed by atoms with Crippen LogP contribution in [0, 0.1) is 5.92 Å². The van der Waals surface area contributed by atoms with Crippen LogP contribution in [0.5, 0.6) is 0 Å². The highest BCUT2D eigenvalue weighted by Gasteiger charge is 2.18. The first-order valence-corrected chi connectivity index (χ1v) is 9.15. The molecule has 0 fully saturated rings. The summed E-state index contributed by atoms with van der Waals surface area (Å²) in [6, 6.07) is 8.07. The Labute approximate surface area is 140 Å². The Bertz CT molecular complexity index is 623. The van der Waals surface area contributed by atoms with Gasteiger partial charge in [0.15, 0.2) is 0 Å². The zero-order valence-corrected chi connectivity index (χ0v) is 15.0. The zero-order chi connectivity index (χ0) is 15.4. The highest BCUT2D eigenvalue weighted by atomic mass is 79.9. The van der Waals surface area contributed by atoms with Gasteiger partial charge in [-0.25, -0.2) is 9.78 Å². The second-order valence-corrected chi connectivity index (χ2v) is 8.08. The van der Waals surface area contributed by atoms with Crippen molar-refractivity contribution >= 4 is 45.0 Å². The lowest BCUT2D eigenvalue weighted by Crippen LogP contribution is -2.02. The van der Waals surface area contributed by atoms with Crippen LogP contribution in [0.1, 0.15) is 34.2 Å². The summed E-state index contributed by atoms with van der Waals surface area (Å²) in [6.45, 7) is 4.14. The number of hydrogen-bond donors (Lipinski definition) is 1. The highest BCUT2D eigenvalue weighted by molar-refractivity contribution is 9.10. The molecule has 0 spiro atoms. The minimum Gasteiger partial charge on any atom is -0.477 e. The third-order valence-electron chi connectivity index (χ3n) is 2.71. The summed E-state index contributed by atoms with van der Waals surface area (Å²) in [6.07, 6.45) is 0.709. The smallest absolute Gasteiger partial charge is 0.347 e. The maximum Gasteiger partial charge on any atom is 0.347 e. The molecule has 0 bridgehead atoms. The van der Waals surface area contributed by atoms with Gasteiger partial charge in [0.1, 0.15) is 9.88 Å². The molecule has 112 valence electrons. The van der Waals surface area contributed by atoms with E-state index in [-0.39, 0.29) is 0 Å². The van der Waals surface area contributed by atoms with Crippen LogP contribution in [0.25, 0.3) is 0 Å². The maximum atomic E-state index is 11.3. The molecule has 0 amide bonds. The van der Waals surface area contributed by atoms with Gasteiger partial charge in [-0.3, -0.25) is 0 Å².